The first-order valence-electron chi connectivity index (χ1n) is 6.74. The van der Waals surface area contributed by atoms with Gasteiger partial charge in [0.2, 0.25) is 0 Å². The summed E-state index contributed by atoms with van der Waals surface area (Å²) in [6.45, 7) is 1.40. The molecule has 0 saturated carbocycles. The van der Waals surface area contributed by atoms with E-state index in [-0.39, 0.29) is 25.6 Å². The topological polar surface area (TPSA) is 110 Å². The fourth-order valence-corrected chi connectivity index (χ4v) is 2.28. The second-order valence-electron chi connectivity index (χ2n) is 4.74. The third-order valence-electron chi connectivity index (χ3n) is 2.67. The fraction of sp³-hybridized carbons (Fsp3) is 0.429. The maximum absolute atomic E-state index is 11.5. The molecule has 0 spiro atoms. The lowest BCUT2D eigenvalue weighted by molar-refractivity contribution is -0.145. The van der Waals surface area contributed by atoms with Gasteiger partial charge >= 0.3 is 19.5 Å². The Hall–Kier alpha value is -1.69. The van der Waals surface area contributed by atoms with Crippen LogP contribution in [0.1, 0.15) is 31.7 Å². The molecule has 0 saturated heterocycles. The predicted molar refractivity (Wildman–Crippen MR) is 78.3 cm³/mol. The Bertz CT molecular complexity index is 547. The summed E-state index contributed by atoms with van der Waals surface area (Å²) in [6.07, 6.45) is 0.537. The smallest absolute Gasteiger partial charge is 0.325 e. The molecule has 7 nitrogen and oxygen atoms in total. The van der Waals surface area contributed by atoms with Gasteiger partial charge in [-0.15, -0.1) is 0 Å². The van der Waals surface area contributed by atoms with Crippen LogP contribution in [0.3, 0.4) is 0 Å². The third-order valence-corrected chi connectivity index (χ3v) is 3.56. The van der Waals surface area contributed by atoms with Gasteiger partial charge in [-0.25, -0.2) is 0 Å². The average Bonchev–Trinajstić information content (AvgIpc) is 2.41. The number of hydrogen-bond acceptors (Lipinski definition) is 5. The number of rotatable bonds is 8. The molecule has 0 aliphatic heterocycles. The average molecular weight is 330 g/mol. The van der Waals surface area contributed by atoms with Gasteiger partial charge < -0.3 is 19.3 Å². The van der Waals surface area contributed by atoms with Crippen LogP contribution >= 0.6 is 7.60 Å². The number of hydrogen-bond donors (Lipinski definition) is 2. The van der Waals surface area contributed by atoms with Crippen molar-refractivity contribution >= 4 is 19.5 Å². The van der Waals surface area contributed by atoms with E-state index in [4.69, 9.17) is 19.3 Å². The molecule has 0 aliphatic rings. The summed E-state index contributed by atoms with van der Waals surface area (Å²) < 4.78 is 20.5. The van der Waals surface area contributed by atoms with E-state index in [9.17, 15) is 14.2 Å². The van der Waals surface area contributed by atoms with Gasteiger partial charge in [0, 0.05) is 19.5 Å². The Morgan fingerprint density at radius 3 is 2.32 bits per heavy atom. The van der Waals surface area contributed by atoms with Crippen LogP contribution in [0, 0.1) is 0 Å². The van der Waals surface area contributed by atoms with E-state index >= 15 is 0 Å². The van der Waals surface area contributed by atoms with Crippen LogP contribution in [0.5, 0.6) is 5.75 Å². The highest BCUT2D eigenvalue weighted by molar-refractivity contribution is 7.51. The van der Waals surface area contributed by atoms with Crippen molar-refractivity contribution < 1.29 is 33.4 Å². The van der Waals surface area contributed by atoms with Gasteiger partial charge in [0.1, 0.15) is 12.4 Å². The van der Waals surface area contributed by atoms with E-state index < -0.39 is 19.5 Å². The van der Waals surface area contributed by atoms with Crippen LogP contribution in [-0.2, 0) is 25.5 Å². The van der Waals surface area contributed by atoms with Crippen LogP contribution in [0.15, 0.2) is 24.3 Å². The van der Waals surface area contributed by atoms with Crippen molar-refractivity contribution in [3.63, 3.8) is 0 Å². The zero-order chi connectivity index (χ0) is 16.6. The first-order chi connectivity index (χ1) is 10.3. The number of carbonyl (C=O) groups excluding carboxylic acids is 2. The molecule has 0 atom stereocenters. The highest BCUT2D eigenvalue weighted by atomic mass is 31.2. The normalized spacial score (nSPS) is 11.0. The lowest BCUT2D eigenvalue weighted by atomic mass is 10.2. The van der Waals surface area contributed by atoms with Crippen molar-refractivity contribution in [2.45, 2.75) is 32.8 Å². The minimum absolute atomic E-state index is 0.0949. The van der Waals surface area contributed by atoms with Crippen LogP contribution in [-0.4, -0.2) is 27.9 Å². The molecular weight excluding hydrogens is 311 g/mol. The molecule has 1 aromatic rings. The molecule has 0 heterocycles. The van der Waals surface area contributed by atoms with E-state index in [2.05, 4.69) is 0 Å². The minimum atomic E-state index is -3.99. The van der Waals surface area contributed by atoms with E-state index in [1.54, 1.807) is 24.3 Å². The number of unbranched alkanes of at least 4 members (excludes halogenated alkanes) is 1. The van der Waals surface area contributed by atoms with Crippen molar-refractivity contribution in [1.82, 2.24) is 0 Å². The Kier molecular flexibility index (Phi) is 7.24. The van der Waals surface area contributed by atoms with Crippen LogP contribution in [0.25, 0.3) is 0 Å². The summed E-state index contributed by atoms with van der Waals surface area (Å²) in [5.41, 5.74) is 0.750. The molecular formula is C14H19O7P. The summed E-state index contributed by atoms with van der Waals surface area (Å²) in [7, 11) is -3.99. The molecule has 22 heavy (non-hydrogen) atoms. The Morgan fingerprint density at radius 2 is 1.77 bits per heavy atom. The van der Waals surface area contributed by atoms with Crippen molar-refractivity contribution in [1.29, 1.82) is 0 Å². The molecule has 0 aromatic heterocycles. The Balaban J connectivity index is 2.26. The SMILES string of the molecule is CC(=O)Oc1ccc(COC(=O)CCCCP(=O)(O)O)cc1. The van der Waals surface area contributed by atoms with Gasteiger partial charge in [0.25, 0.3) is 0 Å². The minimum Gasteiger partial charge on any atom is -0.461 e. The van der Waals surface area contributed by atoms with Gasteiger partial charge in [-0.3, -0.25) is 14.2 Å². The summed E-state index contributed by atoms with van der Waals surface area (Å²) in [5, 5.41) is 0. The molecule has 1 aromatic carbocycles. The first kappa shape index (κ1) is 18.4. The van der Waals surface area contributed by atoms with E-state index in [1.165, 1.54) is 6.92 Å². The monoisotopic (exact) mass is 330 g/mol. The zero-order valence-corrected chi connectivity index (χ0v) is 13.1. The molecule has 8 heteroatoms. The molecule has 0 radical (unpaired) electrons. The summed E-state index contributed by atoms with van der Waals surface area (Å²) in [5.74, 6) is -0.413. The Labute approximate surface area is 128 Å². The fourth-order valence-electron chi connectivity index (χ4n) is 1.64. The number of esters is 2. The van der Waals surface area contributed by atoms with Gasteiger partial charge in [-0.2, -0.15) is 0 Å². The van der Waals surface area contributed by atoms with Crippen molar-refractivity contribution in [3.8, 4) is 5.75 Å². The van der Waals surface area contributed by atoms with Crippen molar-refractivity contribution in [2.24, 2.45) is 0 Å². The Morgan fingerprint density at radius 1 is 1.14 bits per heavy atom. The lowest BCUT2D eigenvalue weighted by Gasteiger charge is -2.06. The standard InChI is InChI=1S/C14H19O7P/c1-11(15)21-13-7-5-12(6-8-13)10-20-14(16)4-2-3-9-22(17,18)19/h5-8H,2-4,9-10H2,1H3,(H2,17,18,19). The van der Waals surface area contributed by atoms with Crippen molar-refractivity contribution in [2.75, 3.05) is 6.16 Å². The van der Waals surface area contributed by atoms with E-state index in [0.29, 0.717) is 12.2 Å². The highest BCUT2D eigenvalue weighted by Crippen LogP contribution is 2.35. The summed E-state index contributed by atoms with van der Waals surface area (Å²) >= 11 is 0. The van der Waals surface area contributed by atoms with Gasteiger partial charge in [0.15, 0.2) is 0 Å². The molecule has 0 aliphatic carbocycles. The van der Waals surface area contributed by atoms with E-state index in [1.807, 2.05) is 0 Å². The lowest BCUT2D eigenvalue weighted by Crippen LogP contribution is -2.05. The molecule has 0 amide bonds. The van der Waals surface area contributed by atoms with Gasteiger partial charge in [-0.05, 0) is 30.5 Å². The van der Waals surface area contributed by atoms with Gasteiger partial charge in [0.05, 0.1) is 0 Å². The quantitative estimate of drug-likeness (QED) is 0.325. The summed E-state index contributed by atoms with van der Waals surface area (Å²) in [4.78, 5) is 39.6. The van der Waals surface area contributed by atoms with Crippen LogP contribution in [0.2, 0.25) is 0 Å². The maximum atomic E-state index is 11.5. The largest absolute Gasteiger partial charge is 0.461 e. The molecule has 122 valence electrons. The second kappa shape index (κ2) is 8.68. The molecule has 0 unspecified atom stereocenters. The molecule has 0 fully saturated rings. The predicted octanol–water partition coefficient (Wildman–Crippen LogP) is 2.00. The third kappa shape index (κ3) is 8.56. The molecule has 0 bridgehead atoms. The second-order valence-corrected chi connectivity index (χ2v) is 6.52. The van der Waals surface area contributed by atoms with Crippen LogP contribution < -0.4 is 4.74 Å². The number of benzene rings is 1. The highest BCUT2D eigenvalue weighted by Gasteiger charge is 2.12. The van der Waals surface area contributed by atoms with Gasteiger partial charge in [-0.1, -0.05) is 12.1 Å². The number of ether oxygens (including phenoxy) is 2. The van der Waals surface area contributed by atoms with Crippen molar-refractivity contribution in [3.05, 3.63) is 29.8 Å². The number of carbonyl (C=O) groups is 2. The molecule has 1 rings (SSSR count). The first-order valence-corrected chi connectivity index (χ1v) is 8.53. The molecule has 2 N–H and O–H groups in total. The van der Waals surface area contributed by atoms with E-state index in [0.717, 1.165) is 5.56 Å². The maximum Gasteiger partial charge on any atom is 0.325 e. The van der Waals surface area contributed by atoms with Crippen LogP contribution in [0.4, 0.5) is 0 Å². The zero-order valence-electron chi connectivity index (χ0n) is 12.2. The summed E-state index contributed by atoms with van der Waals surface area (Å²) in [6, 6.07) is 6.56.